The van der Waals surface area contributed by atoms with Crippen LogP contribution in [-0.4, -0.2) is 16.0 Å². The molecule has 1 aromatic heterocycles. The molecule has 0 spiro atoms. The molecule has 1 atom stereocenters. The van der Waals surface area contributed by atoms with Crippen molar-refractivity contribution < 1.29 is 0 Å². The number of rotatable bonds is 7. The van der Waals surface area contributed by atoms with Crippen LogP contribution in [0, 0.1) is 0 Å². The zero-order chi connectivity index (χ0) is 14.4. The number of fused-ring (bicyclic) bond motifs is 1. The Morgan fingerprint density at radius 1 is 1.30 bits per heavy atom. The smallest absolute Gasteiger partial charge is 0.258 e. The molecule has 2 rings (SSSR count). The molecule has 1 aromatic carbocycles. The number of aromatic amines is 1. The van der Waals surface area contributed by atoms with Gasteiger partial charge in [-0.05, 0) is 25.5 Å². The van der Waals surface area contributed by atoms with Crippen LogP contribution < -0.4 is 10.9 Å². The SMILES string of the molecule is CCCCCC(C)NCc1nc2ccccc2c(=O)[nH]1. The predicted octanol–water partition coefficient (Wildman–Crippen LogP) is 2.98. The maximum atomic E-state index is 11.9. The molecule has 108 valence electrons. The molecule has 0 aliphatic carbocycles. The Hall–Kier alpha value is -1.68. The van der Waals surface area contributed by atoms with Crippen LogP contribution in [0.3, 0.4) is 0 Å². The standard InChI is InChI=1S/C16H23N3O/c1-3-4-5-8-12(2)17-11-15-18-14-10-7-6-9-13(14)16(20)19-15/h6-7,9-10,12,17H,3-5,8,11H2,1-2H3,(H,18,19,20). The molecule has 1 heterocycles. The highest BCUT2D eigenvalue weighted by molar-refractivity contribution is 5.77. The molecule has 2 N–H and O–H groups in total. The van der Waals surface area contributed by atoms with Gasteiger partial charge in [-0.15, -0.1) is 0 Å². The van der Waals surface area contributed by atoms with Crippen LogP contribution in [0.25, 0.3) is 10.9 Å². The molecule has 0 bridgehead atoms. The summed E-state index contributed by atoms with van der Waals surface area (Å²) >= 11 is 0. The number of unbranched alkanes of at least 4 members (excludes halogenated alkanes) is 2. The summed E-state index contributed by atoms with van der Waals surface area (Å²) in [5.41, 5.74) is 0.692. The molecule has 2 aromatic rings. The molecule has 1 unspecified atom stereocenters. The van der Waals surface area contributed by atoms with Crippen molar-refractivity contribution in [3.63, 3.8) is 0 Å². The number of hydrogen-bond acceptors (Lipinski definition) is 3. The van der Waals surface area contributed by atoms with Crippen molar-refractivity contribution in [3.05, 3.63) is 40.4 Å². The highest BCUT2D eigenvalue weighted by atomic mass is 16.1. The van der Waals surface area contributed by atoms with Gasteiger partial charge in [-0.25, -0.2) is 4.98 Å². The topological polar surface area (TPSA) is 57.8 Å². The maximum absolute atomic E-state index is 11.9. The first-order valence-electron chi connectivity index (χ1n) is 7.42. The summed E-state index contributed by atoms with van der Waals surface area (Å²) in [6, 6.07) is 7.87. The van der Waals surface area contributed by atoms with Crippen molar-refractivity contribution in [3.8, 4) is 0 Å². The normalized spacial score (nSPS) is 12.7. The fourth-order valence-corrected chi connectivity index (χ4v) is 2.29. The van der Waals surface area contributed by atoms with Crippen LogP contribution in [0.2, 0.25) is 0 Å². The van der Waals surface area contributed by atoms with Gasteiger partial charge in [-0.2, -0.15) is 0 Å². The molecule has 20 heavy (non-hydrogen) atoms. The van der Waals surface area contributed by atoms with E-state index in [1.54, 1.807) is 6.07 Å². The number of benzene rings is 1. The quantitative estimate of drug-likeness (QED) is 0.762. The van der Waals surface area contributed by atoms with Crippen LogP contribution in [0.1, 0.15) is 45.4 Å². The minimum Gasteiger partial charge on any atom is -0.309 e. The molecule has 4 heteroatoms. The summed E-state index contributed by atoms with van der Waals surface area (Å²) in [6.45, 7) is 4.99. The Morgan fingerprint density at radius 3 is 2.90 bits per heavy atom. The minimum atomic E-state index is -0.0639. The van der Waals surface area contributed by atoms with Gasteiger partial charge in [0.05, 0.1) is 17.4 Å². The monoisotopic (exact) mass is 273 g/mol. The first kappa shape index (κ1) is 14.7. The average Bonchev–Trinajstić information content (AvgIpc) is 2.45. The number of H-pyrrole nitrogens is 1. The Morgan fingerprint density at radius 2 is 2.10 bits per heavy atom. The predicted molar refractivity (Wildman–Crippen MR) is 82.8 cm³/mol. The molecule has 0 fully saturated rings. The molecule has 4 nitrogen and oxygen atoms in total. The zero-order valence-corrected chi connectivity index (χ0v) is 12.3. The number of aromatic nitrogens is 2. The number of para-hydroxylation sites is 1. The lowest BCUT2D eigenvalue weighted by Gasteiger charge is -2.13. The van der Waals surface area contributed by atoms with E-state index in [0.29, 0.717) is 23.8 Å². The van der Waals surface area contributed by atoms with E-state index in [2.05, 4.69) is 29.1 Å². The van der Waals surface area contributed by atoms with Gasteiger partial charge >= 0.3 is 0 Å². The van der Waals surface area contributed by atoms with Gasteiger partial charge in [0.2, 0.25) is 0 Å². The fourth-order valence-electron chi connectivity index (χ4n) is 2.29. The van der Waals surface area contributed by atoms with E-state index in [9.17, 15) is 4.79 Å². The van der Waals surface area contributed by atoms with Gasteiger partial charge in [0.25, 0.3) is 5.56 Å². The van der Waals surface area contributed by atoms with E-state index in [1.807, 2.05) is 18.2 Å². The van der Waals surface area contributed by atoms with Crippen LogP contribution in [0.4, 0.5) is 0 Å². The van der Waals surface area contributed by atoms with E-state index in [1.165, 1.54) is 19.3 Å². The molecular weight excluding hydrogens is 250 g/mol. The second-order valence-electron chi connectivity index (χ2n) is 5.31. The van der Waals surface area contributed by atoms with Gasteiger partial charge in [0.1, 0.15) is 5.82 Å². The molecule has 0 saturated carbocycles. The third-order valence-corrected chi connectivity index (χ3v) is 3.52. The molecule has 0 amide bonds. The molecular formula is C16H23N3O. The maximum Gasteiger partial charge on any atom is 0.258 e. The lowest BCUT2D eigenvalue weighted by atomic mass is 10.1. The average molecular weight is 273 g/mol. The molecule has 0 aliphatic heterocycles. The minimum absolute atomic E-state index is 0.0639. The summed E-state index contributed by atoms with van der Waals surface area (Å²) in [5.74, 6) is 0.705. The van der Waals surface area contributed by atoms with Crippen molar-refractivity contribution in [1.29, 1.82) is 0 Å². The molecule has 0 saturated heterocycles. The summed E-state index contributed by atoms with van der Waals surface area (Å²) in [6.07, 6.45) is 4.92. The van der Waals surface area contributed by atoms with Crippen molar-refractivity contribution in [2.45, 2.75) is 52.1 Å². The van der Waals surface area contributed by atoms with Crippen LogP contribution in [0.15, 0.2) is 29.1 Å². The van der Waals surface area contributed by atoms with E-state index < -0.39 is 0 Å². The second kappa shape index (κ2) is 7.20. The first-order valence-corrected chi connectivity index (χ1v) is 7.42. The van der Waals surface area contributed by atoms with Crippen LogP contribution in [0.5, 0.6) is 0 Å². The zero-order valence-electron chi connectivity index (χ0n) is 12.3. The summed E-state index contributed by atoms with van der Waals surface area (Å²) < 4.78 is 0. The van der Waals surface area contributed by atoms with Gasteiger partial charge in [0, 0.05) is 6.04 Å². The third kappa shape index (κ3) is 3.90. The fraction of sp³-hybridized carbons (Fsp3) is 0.500. The van der Waals surface area contributed by atoms with Crippen molar-refractivity contribution in [2.75, 3.05) is 0 Å². The Bertz CT molecular complexity index is 606. The third-order valence-electron chi connectivity index (χ3n) is 3.52. The first-order chi connectivity index (χ1) is 9.70. The van der Waals surface area contributed by atoms with Crippen LogP contribution in [-0.2, 0) is 6.54 Å². The summed E-state index contributed by atoms with van der Waals surface area (Å²) in [5, 5.41) is 4.06. The van der Waals surface area contributed by atoms with Crippen LogP contribution >= 0.6 is 0 Å². The molecule has 0 radical (unpaired) electrons. The Labute approximate surface area is 119 Å². The van der Waals surface area contributed by atoms with Gasteiger partial charge in [-0.3, -0.25) is 4.79 Å². The number of nitrogens with zero attached hydrogens (tertiary/aromatic N) is 1. The van der Waals surface area contributed by atoms with Gasteiger partial charge < -0.3 is 10.3 Å². The summed E-state index contributed by atoms with van der Waals surface area (Å²) in [4.78, 5) is 19.3. The van der Waals surface area contributed by atoms with Gasteiger partial charge in [-0.1, -0.05) is 38.3 Å². The number of hydrogen-bond donors (Lipinski definition) is 2. The lowest BCUT2D eigenvalue weighted by Crippen LogP contribution is -2.27. The molecule has 0 aliphatic rings. The van der Waals surface area contributed by atoms with Crippen molar-refractivity contribution in [1.82, 2.24) is 15.3 Å². The van der Waals surface area contributed by atoms with Gasteiger partial charge in [0.15, 0.2) is 0 Å². The van der Waals surface area contributed by atoms with E-state index >= 15 is 0 Å². The summed E-state index contributed by atoms with van der Waals surface area (Å²) in [7, 11) is 0. The van der Waals surface area contributed by atoms with E-state index in [0.717, 1.165) is 11.9 Å². The van der Waals surface area contributed by atoms with Crippen molar-refractivity contribution in [2.24, 2.45) is 0 Å². The lowest BCUT2D eigenvalue weighted by molar-refractivity contribution is 0.480. The highest BCUT2D eigenvalue weighted by Crippen LogP contribution is 2.06. The Balaban J connectivity index is 1.98. The van der Waals surface area contributed by atoms with Crippen molar-refractivity contribution >= 4 is 10.9 Å². The second-order valence-corrected chi connectivity index (χ2v) is 5.31. The van der Waals surface area contributed by atoms with E-state index in [4.69, 9.17) is 0 Å². The van der Waals surface area contributed by atoms with E-state index in [-0.39, 0.29) is 5.56 Å². The largest absolute Gasteiger partial charge is 0.309 e. The number of nitrogens with one attached hydrogen (secondary N) is 2. The Kier molecular flexibility index (Phi) is 5.30. The highest BCUT2D eigenvalue weighted by Gasteiger charge is 2.05.